The summed E-state index contributed by atoms with van der Waals surface area (Å²) in [5.41, 5.74) is 5.82. The third-order valence-electron chi connectivity index (χ3n) is 6.23. The number of hydrogen-bond acceptors (Lipinski definition) is 7. The van der Waals surface area contributed by atoms with Gasteiger partial charge in [0.15, 0.2) is 0 Å². The Morgan fingerprint density at radius 2 is 1.68 bits per heavy atom. The molecular formula is C27H21N5O5S. The normalized spacial score (nSPS) is 15.2. The van der Waals surface area contributed by atoms with Crippen molar-refractivity contribution in [3.05, 3.63) is 89.7 Å². The van der Waals surface area contributed by atoms with Crippen molar-refractivity contribution in [2.75, 3.05) is 6.54 Å². The van der Waals surface area contributed by atoms with Gasteiger partial charge in [0.05, 0.1) is 21.7 Å². The van der Waals surface area contributed by atoms with Gasteiger partial charge in [-0.05, 0) is 55.0 Å². The first kappa shape index (κ1) is 25.0. The Hall–Kier alpha value is -4.63. The minimum atomic E-state index is -3.87. The summed E-state index contributed by atoms with van der Waals surface area (Å²) in [4.78, 5) is 32.2. The maximum atomic E-state index is 12.7. The summed E-state index contributed by atoms with van der Waals surface area (Å²) in [6, 6.07) is 15.7. The predicted molar refractivity (Wildman–Crippen MR) is 139 cm³/mol. The number of carboxylic acids is 1. The van der Waals surface area contributed by atoms with E-state index in [2.05, 4.69) is 27.2 Å². The van der Waals surface area contributed by atoms with Crippen LogP contribution in [-0.2, 0) is 14.8 Å². The number of carboxylic acid groups (broad SMARTS) is 1. The van der Waals surface area contributed by atoms with Crippen LogP contribution >= 0.6 is 0 Å². The molecule has 2 aromatic carbocycles. The van der Waals surface area contributed by atoms with Crippen molar-refractivity contribution in [1.82, 2.24) is 19.7 Å². The standard InChI is InChI=1S/C27H21N5O5S/c28-31-26(33)21-15-24(30-23-11-13-29-16-22(21)23)19-7-3-17(4-8-19)1-2-18-5-9-20(10-6-18)38(36,37)32-14-12-25(32)27(34)35/h3-11,13,15-16,25H,12,14,28H2,(H,31,33)(H,34,35). The molecule has 0 spiro atoms. The Kier molecular flexibility index (Phi) is 6.61. The second-order valence-corrected chi connectivity index (χ2v) is 10.4. The van der Waals surface area contributed by atoms with E-state index in [1.165, 1.54) is 12.1 Å². The molecule has 4 N–H and O–H groups in total. The molecule has 10 nitrogen and oxygen atoms in total. The van der Waals surface area contributed by atoms with Crippen LogP contribution in [0.5, 0.6) is 0 Å². The molecule has 0 aliphatic carbocycles. The summed E-state index contributed by atoms with van der Waals surface area (Å²) < 4.78 is 26.4. The van der Waals surface area contributed by atoms with Crippen molar-refractivity contribution in [3.8, 4) is 23.1 Å². The average molecular weight is 528 g/mol. The van der Waals surface area contributed by atoms with Crippen LogP contribution in [0, 0.1) is 11.8 Å². The topological polar surface area (TPSA) is 156 Å². The van der Waals surface area contributed by atoms with E-state index >= 15 is 0 Å². The largest absolute Gasteiger partial charge is 0.480 e. The summed E-state index contributed by atoms with van der Waals surface area (Å²) in [7, 11) is -3.87. The molecule has 2 aromatic heterocycles. The number of nitrogens with zero attached hydrogens (tertiary/aromatic N) is 3. The number of amides is 1. The average Bonchev–Trinajstić information content (AvgIpc) is 2.90. The summed E-state index contributed by atoms with van der Waals surface area (Å²) in [6.07, 6.45) is 3.46. The van der Waals surface area contributed by atoms with Crippen molar-refractivity contribution >= 4 is 32.8 Å². The number of rotatable bonds is 5. The lowest BCUT2D eigenvalue weighted by Crippen LogP contribution is -2.54. The van der Waals surface area contributed by atoms with Crippen LogP contribution in [0.1, 0.15) is 27.9 Å². The van der Waals surface area contributed by atoms with Gasteiger partial charge < -0.3 is 5.11 Å². The van der Waals surface area contributed by atoms with E-state index in [9.17, 15) is 18.0 Å². The van der Waals surface area contributed by atoms with E-state index in [-0.39, 0.29) is 11.4 Å². The molecule has 1 aliphatic rings. The van der Waals surface area contributed by atoms with Crippen LogP contribution in [0.4, 0.5) is 0 Å². The molecule has 1 aliphatic heterocycles. The number of hydrogen-bond donors (Lipinski definition) is 3. The molecular weight excluding hydrogens is 506 g/mol. The van der Waals surface area contributed by atoms with E-state index in [1.54, 1.807) is 36.7 Å². The zero-order valence-electron chi connectivity index (χ0n) is 19.8. The maximum absolute atomic E-state index is 12.7. The van der Waals surface area contributed by atoms with Crippen molar-refractivity contribution in [2.24, 2.45) is 5.84 Å². The number of carbonyl (C=O) groups is 2. The van der Waals surface area contributed by atoms with Gasteiger partial charge in [-0.2, -0.15) is 4.31 Å². The first-order chi connectivity index (χ1) is 18.3. The lowest BCUT2D eigenvalue weighted by molar-refractivity contribution is -0.144. The number of fused-ring (bicyclic) bond motifs is 1. The minimum absolute atomic E-state index is 0.0275. The number of aromatic nitrogens is 2. The highest BCUT2D eigenvalue weighted by molar-refractivity contribution is 7.89. The van der Waals surface area contributed by atoms with Gasteiger partial charge in [-0.15, -0.1) is 0 Å². The van der Waals surface area contributed by atoms with Crippen LogP contribution in [0.25, 0.3) is 22.2 Å². The maximum Gasteiger partial charge on any atom is 0.322 e. The highest BCUT2D eigenvalue weighted by Crippen LogP contribution is 2.27. The van der Waals surface area contributed by atoms with Crippen LogP contribution in [-0.4, -0.2) is 52.3 Å². The number of nitrogen functional groups attached to an aromatic ring is 1. The van der Waals surface area contributed by atoms with Gasteiger partial charge in [0.2, 0.25) is 10.0 Å². The molecule has 0 radical (unpaired) electrons. The molecule has 1 saturated heterocycles. The molecule has 0 bridgehead atoms. The number of carbonyl (C=O) groups excluding carboxylic acids is 1. The third-order valence-corrected chi connectivity index (χ3v) is 8.16. The quantitative estimate of drug-likeness (QED) is 0.154. The fraction of sp³-hybridized carbons (Fsp3) is 0.111. The Labute approximate surface area is 218 Å². The molecule has 4 aromatic rings. The van der Waals surface area contributed by atoms with Gasteiger partial charge >= 0.3 is 5.97 Å². The molecule has 5 rings (SSSR count). The third kappa shape index (κ3) is 4.71. The van der Waals surface area contributed by atoms with E-state index in [0.717, 1.165) is 15.4 Å². The van der Waals surface area contributed by atoms with Crippen LogP contribution in [0.2, 0.25) is 0 Å². The van der Waals surface area contributed by atoms with Gasteiger partial charge in [-0.25, -0.2) is 19.2 Å². The summed E-state index contributed by atoms with van der Waals surface area (Å²) in [5.74, 6) is 9.78. The Bertz CT molecular complexity index is 1730. The number of nitrogens with one attached hydrogen (secondary N) is 1. The highest BCUT2D eigenvalue weighted by Gasteiger charge is 2.42. The number of benzene rings is 2. The van der Waals surface area contributed by atoms with Gasteiger partial charge in [0, 0.05) is 41.0 Å². The number of sulfonamides is 1. The van der Waals surface area contributed by atoms with E-state index in [0.29, 0.717) is 34.1 Å². The zero-order valence-corrected chi connectivity index (χ0v) is 20.6. The van der Waals surface area contributed by atoms with E-state index in [4.69, 9.17) is 10.9 Å². The molecule has 1 fully saturated rings. The van der Waals surface area contributed by atoms with E-state index < -0.39 is 27.9 Å². The zero-order chi connectivity index (χ0) is 26.9. The molecule has 11 heteroatoms. The van der Waals surface area contributed by atoms with Gasteiger partial charge in [-0.1, -0.05) is 24.0 Å². The lowest BCUT2D eigenvalue weighted by Gasteiger charge is -2.36. The monoisotopic (exact) mass is 527 g/mol. The fourth-order valence-corrected chi connectivity index (χ4v) is 5.72. The van der Waals surface area contributed by atoms with E-state index in [1.807, 2.05) is 24.3 Å². The number of aliphatic carboxylic acids is 1. The Morgan fingerprint density at radius 3 is 2.26 bits per heavy atom. The second-order valence-electron chi connectivity index (χ2n) is 8.53. The Morgan fingerprint density at radius 1 is 1.03 bits per heavy atom. The Balaban J connectivity index is 1.35. The van der Waals surface area contributed by atoms with Crippen LogP contribution in [0.15, 0.2) is 78.0 Å². The van der Waals surface area contributed by atoms with Crippen molar-refractivity contribution in [1.29, 1.82) is 0 Å². The van der Waals surface area contributed by atoms with Gasteiger partial charge in [-0.3, -0.25) is 20.0 Å². The number of hydrazine groups is 1. The molecule has 38 heavy (non-hydrogen) atoms. The van der Waals surface area contributed by atoms with Crippen molar-refractivity contribution < 1.29 is 23.1 Å². The SMILES string of the molecule is NNC(=O)c1cc(-c2ccc(C#Cc3ccc(S(=O)(=O)N4CCC4C(=O)O)cc3)cc2)nc2ccncc12. The first-order valence-electron chi connectivity index (χ1n) is 11.5. The fourth-order valence-electron chi connectivity index (χ4n) is 4.09. The first-order valence-corrected chi connectivity index (χ1v) is 12.9. The minimum Gasteiger partial charge on any atom is -0.480 e. The molecule has 3 heterocycles. The van der Waals surface area contributed by atoms with Crippen LogP contribution in [0.3, 0.4) is 0 Å². The lowest BCUT2D eigenvalue weighted by atomic mass is 10.0. The number of nitrogens with two attached hydrogens (primary N) is 1. The summed E-state index contributed by atoms with van der Waals surface area (Å²) in [6.45, 7) is 0.185. The molecule has 1 atom stereocenters. The highest BCUT2D eigenvalue weighted by atomic mass is 32.2. The second kappa shape index (κ2) is 10.0. The molecule has 0 saturated carbocycles. The summed E-state index contributed by atoms with van der Waals surface area (Å²) >= 11 is 0. The van der Waals surface area contributed by atoms with Gasteiger partial charge in [0.25, 0.3) is 5.91 Å². The molecule has 1 unspecified atom stereocenters. The smallest absolute Gasteiger partial charge is 0.322 e. The van der Waals surface area contributed by atoms with Crippen LogP contribution < -0.4 is 11.3 Å². The van der Waals surface area contributed by atoms with Crippen molar-refractivity contribution in [2.45, 2.75) is 17.4 Å². The molecule has 190 valence electrons. The van der Waals surface area contributed by atoms with Gasteiger partial charge in [0.1, 0.15) is 6.04 Å². The molecule has 1 amide bonds. The number of pyridine rings is 2. The van der Waals surface area contributed by atoms with Crippen molar-refractivity contribution in [3.63, 3.8) is 0 Å². The predicted octanol–water partition coefficient (Wildman–Crippen LogP) is 2.15. The summed E-state index contributed by atoms with van der Waals surface area (Å²) in [5, 5.41) is 9.74.